The standard InChI is InChI=1S/C20H17NO4S2/c1-2-16(19(23)24)25-15-10-6-7-13(11-15)12-17-18(22)21(20(26)27-17)14-8-4-3-5-9-14/h3-12,16H,2H2,1H3,(H,23,24)/b17-12+. The van der Waals surface area contributed by atoms with Gasteiger partial charge in [-0.15, -0.1) is 0 Å². The SMILES string of the molecule is CCC(Oc1cccc(/C=C2/SC(=S)N(c3ccccc3)C2=O)c1)C(=O)O. The zero-order valence-corrected chi connectivity index (χ0v) is 16.1. The second kappa shape index (κ2) is 8.37. The Morgan fingerprint density at radius 3 is 2.67 bits per heavy atom. The Hall–Kier alpha value is -2.64. The molecule has 1 aliphatic heterocycles. The second-order valence-corrected chi connectivity index (χ2v) is 7.45. The molecule has 0 spiro atoms. The minimum atomic E-state index is -1.01. The molecule has 1 saturated heterocycles. The van der Waals surface area contributed by atoms with E-state index in [2.05, 4.69) is 0 Å². The van der Waals surface area contributed by atoms with Gasteiger partial charge in [0.25, 0.3) is 5.91 Å². The van der Waals surface area contributed by atoms with Crippen LogP contribution in [0.4, 0.5) is 5.69 Å². The molecule has 1 unspecified atom stereocenters. The third-order valence-corrected chi connectivity index (χ3v) is 5.19. The zero-order valence-electron chi connectivity index (χ0n) is 14.5. The molecule has 1 aliphatic rings. The van der Waals surface area contributed by atoms with Gasteiger partial charge in [-0.25, -0.2) is 4.79 Å². The summed E-state index contributed by atoms with van der Waals surface area (Å²) in [5.41, 5.74) is 1.47. The highest BCUT2D eigenvalue weighted by atomic mass is 32.2. The van der Waals surface area contributed by atoms with E-state index in [-0.39, 0.29) is 5.91 Å². The van der Waals surface area contributed by atoms with Crippen molar-refractivity contribution in [3.63, 3.8) is 0 Å². The van der Waals surface area contributed by atoms with Gasteiger partial charge in [0.2, 0.25) is 0 Å². The molecule has 0 radical (unpaired) electrons. The van der Waals surface area contributed by atoms with Crippen molar-refractivity contribution in [1.29, 1.82) is 0 Å². The van der Waals surface area contributed by atoms with Crippen molar-refractivity contribution in [3.05, 3.63) is 65.1 Å². The molecule has 1 amide bonds. The number of carboxylic acids is 1. The average Bonchev–Trinajstić information content (AvgIpc) is 2.93. The maximum absolute atomic E-state index is 12.8. The molecule has 3 rings (SSSR count). The second-order valence-electron chi connectivity index (χ2n) is 5.78. The van der Waals surface area contributed by atoms with E-state index in [1.807, 2.05) is 36.4 Å². The zero-order chi connectivity index (χ0) is 19.4. The predicted molar refractivity (Wildman–Crippen MR) is 111 cm³/mol. The molecule has 5 nitrogen and oxygen atoms in total. The fraction of sp³-hybridized carbons (Fsp3) is 0.150. The Labute approximate surface area is 166 Å². The van der Waals surface area contributed by atoms with Crippen LogP contribution in [0, 0.1) is 0 Å². The minimum Gasteiger partial charge on any atom is -0.479 e. The molecule has 0 aromatic heterocycles. The van der Waals surface area contributed by atoms with Gasteiger partial charge >= 0.3 is 5.97 Å². The summed E-state index contributed by atoms with van der Waals surface area (Å²) in [7, 11) is 0. The van der Waals surface area contributed by atoms with Crippen LogP contribution in [0.5, 0.6) is 5.75 Å². The topological polar surface area (TPSA) is 66.8 Å². The lowest BCUT2D eigenvalue weighted by Crippen LogP contribution is -2.27. The molecule has 0 saturated carbocycles. The maximum atomic E-state index is 12.8. The van der Waals surface area contributed by atoms with Gasteiger partial charge in [-0.1, -0.05) is 61.2 Å². The number of para-hydroxylation sites is 1. The number of nitrogens with zero attached hydrogens (tertiary/aromatic N) is 1. The first-order valence-corrected chi connectivity index (χ1v) is 9.54. The molecule has 2 aromatic rings. The number of hydrogen-bond acceptors (Lipinski definition) is 5. The summed E-state index contributed by atoms with van der Waals surface area (Å²) in [5, 5.41) is 9.13. The van der Waals surface area contributed by atoms with Crippen molar-refractivity contribution in [1.82, 2.24) is 0 Å². The Morgan fingerprint density at radius 2 is 2.00 bits per heavy atom. The first-order valence-electron chi connectivity index (χ1n) is 8.32. The number of carboxylic acid groups (broad SMARTS) is 1. The van der Waals surface area contributed by atoms with Gasteiger partial charge in [0.05, 0.1) is 10.6 Å². The highest BCUT2D eigenvalue weighted by molar-refractivity contribution is 8.27. The minimum absolute atomic E-state index is 0.181. The molecule has 0 bridgehead atoms. The molecule has 1 atom stereocenters. The number of thioether (sulfide) groups is 1. The maximum Gasteiger partial charge on any atom is 0.344 e. The van der Waals surface area contributed by atoms with Crippen LogP contribution in [-0.2, 0) is 9.59 Å². The van der Waals surface area contributed by atoms with E-state index in [1.165, 1.54) is 16.7 Å². The number of benzene rings is 2. The van der Waals surface area contributed by atoms with Crippen LogP contribution in [0.25, 0.3) is 6.08 Å². The van der Waals surface area contributed by atoms with E-state index >= 15 is 0 Å². The summed E-state index contributed by atoms with van der Waals surface area (Å²) >= 11 is 6.59. The number of aliphatic carboxylic acids is 1. The number of hydrogen-bond donors (Lipinski definition) is 1. The van der Waals surface area contributed by atoms with Crippen molar-refractivity contribution in [3.8, 4) is 5.75 Å². The van der Waals surface area contributed by atoms with Crippen molar-refractivity contribution in [2.45, 2.75) is 19.4 Å². The number of rotatable bonds is 6. The summed E-state index contributed by atoms with van der Waals surface area (Å²) in [6.45, 7) is 1.75. The number of carbonyl (C=O) groups excluding carboxylic acids is 1. The highest BCUT2D eigenvalue weighted by Gasteiger charge is 2.33. The van der Waals surface area contributed by atoms with Crippen LogP contribution < -0.4 is 9.64 Å². The predicted octanol–water partition coefficient (Wildman–Crippen LogP) is 4.33. The van der Waals surface area contributed by atoms with Crippen LogP contribution in [0.3, 0.4) is 0 Å². The highest BCUT2D eigenvalue weighted by Crippen LogP contribution is 2.36. The van der Waals surface area contributed by atoms with E-state index in [4.69, 9.17) is 22.1 Å². The van der Waals surface area contributed by atoms with E-state index in [1.54, 1.807) is 31.2 Å². The number of carbonyl (C=O) groups is 2. The molecule has 1 N–H and O–H groups in total. The third-order valence-electron chi connectivity index (χ3n) is 3.89. The molecular weight excluding hydrogens is 382 g/mol. The summed E-state index contributed by atoms with van der Waals surface area (Å²) in [6.07, 6.45) is 1.18. The Kier molecular flexibility index (Phi) is 5.93. The Bertz CT molecular complexity index is 911. The molecule has 7 heteroatoms. The molecule has 0 aliphatic carbocycles. The summed E-state index contributed by atoms with van der Waals surface area (Å²) < 4.78 is 5.99. The molecule has 1 heterocycles. The van der Waals surface area contributed by atoms with Gasteiger partial charge < -0.3 is 9.84 Å². The van der Waals surface area contributed by atoms with E-state index in [9.17, 15) is 9.59 Å². The normalized spacial score (nSPS) is 16.6. The average molecular weight is 399 g/mol. The fourth-order valence-corrected chi connectivity index (χ4v) is 3.87. The number of amides is 1. The van der Waals surface area contributed by atoms with Crippen LogP contribution in [0.1, 0.15) is 18.9 Å². The van der Waals surface area contributed by atoms with Gasteiger partial charge in [-0.05, 0) is 42.3 Å². The van der Waals surface area contributed by atoms with Crippen molar-refractivity contribution in [2.75, 3.05) is 4.90 Å². The fourth-order valence-electron chi connectivity index (χ4n) is 2.57. The summed E-state index contributed by atoms with van der Waals surface area (Å²) in [6, 6.07) is 16.2. The summed E-state index contributed by atoms with van der Waals surface area (Å²) in [5.74, 6) is -0.748. The number of anilines is 1. The molecule has 1 fully saturated rings. The van der Waals surface area contributed by atoms with Crippen LogP contribution in [0.2, 0.25) is 0 Å². The largest absolute Gasteiger partial charge is 0.479 e. The van der Waals surface area contributed by atoms with E-state index in [0.717, 1.165) is 11.3 Å². The Morgan fingerprint density at radius 1 is 1.26 bits per heavy atom. The lowest BCUT2D eigenvalue weighted by atomic mass is 10.2. The van der Waals surface area contributed by atoms with Crippen molar-refractivity contribution >= 4 is 51.9 Å². The molecular formula is C20H17NO4S2. The first kappa shape index (κ1) is 19.1. The Balaban J connectivity index is 1.83. The third kappa shape index (κ3) is 4.37. The van der Waals surface area contributed by atoms with Gasteiger partial charge in [0, 0.05) is 0 Å². The summed E-state index contributed by atoms with van der Waals surface area (Å²) in [4.78, 5) is 25.9. The van der Waals surface area contributed by atoms with E-state index < -0.39 is 12.1 Å². The molecule has 138 valence electrons. The van der Waals surface area contributed by atoms with Gasteiger partial charge in [-0.3, -0.25) is 9.69 Å². The van der Waals surface area contributed by atoms with Crippen molar-refractivity contribution in [2.24, 2.45) is 0 Å². The molecule has 2 aromatic carbocycles. The lowest BCUT2D eigenvalue weighted by Gasteiger charge is -2.14. The van der Waals surface area contributed by atoms with E-state index in [0.29, 0.717) is 21.4 Å². The van der Waals surface area contributed by atoms with Crippen LogP contribution in [0.15, 0.2) is 59.5 Å². The smallest absolute Gasteiger partial charge is 0.344 e. The number of thiocarbonyl (C=S) groups is 1. The van der Waals surface area contributed by atoms with Crippen LogP contribution in [-0.4, -0.2) is 27.4 Å². The monoisotopic (exact) mass is 399 g/mol. The molecule has 27 heavy (non-hydrogen) atoms. The quantitative estimate of drug-likeness (QED) is 0.576. The first-order chi connectivity index (χ1) is 13.0. The lowest BCUT2D eigenvalue weighted by molar-refractivity contribution is -0.145. The van der Waals surface area contributed by atoms with Gasteiger partial charge in [0.15, 0.2) is 10.4 Å². The van der Waals surface area contributed by atoms with Crippen LogP contribution >= 0.6 is 24.0 Å². The van der Waals surface area contributed by atoms with Crippen molar-refractivity contribution < 1.29 is 19.4 Å². The number of ether oxygens (including phenoxy) is 1. The van der Waals surface area contributed by atoms with Gasteiger partial charge in [0.1, 0.15) is 5.75 Å². The van der Waals surface area contributed by atoms with Gasteiger partial charge in [-0.2, -0.15) is 0 Å².